The lowest BCUT2D eigenvalue weighted by Crippen LogP contribution is -2.23. The summed E-state index contributed by atoms with van der Waals surface area (Å²) >= 11 is 0. The smallest absolute Gasteiger partial charge is 0.224 e. The van der Waals surface area contributed by atoms with Crippen molar-refractivity contribution in [2.45, 2.75) is 39.2 Å². The highest BCUT2D eigenvalue weighted by molar-refractivity contribution is 5.54. The Hall–Kier alpha value is -3.60. The van der Waals surface area contributed by atoms with Crippen molar-refractivity contribution >= 4 is 0 Å². The van der Waals surface area contributed by atoms with Gasteiger partial charge >= 0.3 is 0 Å². The van der Waals surface area contributed by atoms with Crippen molar-refractivity contribution < 1.29 is 4.74 Å². The lowest BCUT2D eigenvalue weighted by molar-refractivity contribution is 0.333. The topological polar surface area (TPSA) is 108 Å². The van der Waals surface area contributed by atoms with Gasteiger partial charge < -0.3 is 15.0 Å². The minimum absolute atomic E-state index is 0.0997. The predicted octanol–water partition coefficient (Wildman–Crippen LogP) is 2.83. The Morgan fingerprint density at radius 2 is 2.18 bits per heavy atom. The molecule has 142 valence electrons. The van der Waals surface area contributed by atoms with E-state index in [1.165, 1.54) is 0 Å². The molecule has 1 atom stereocenters. The van der Waals surface area contributed by atoms with Gasteiger partial charge in [-0.3, -0.25) is 4.98 Å². The van der Waals surface area contributed by atoms with Gasteiger partial charge in [0.1, 0.15) is 11.6 Å². The first kappa shape index (κ1) is 17.8. The van der Waals surface area contributed by atoms with Crippen molar-refractivity contribution in [1.82, 2.24) is 24.3 Å². The molecule has 8 heteroatoms. The number of nitriles is 1. The normalized spacial score (nSPS) is 16.0. The number of aryl methyl sites for hydroxylation is 1. The first-order valence-electron chi connectivity index (χ1n) is 9.18. The van der Waals surface area contributed by atoms with E-state index in [1.54, 1.807) is 18.7 Å². The van der Waals surface area contributed by atoms with E-state index >= 15 is 0 Å². The highest BCUT2D eigenvalue weighted by atomic mass is 16.5. The fourth-order valence-electron chi connectivity index (χ4n) is 3.47. The Kier molecular flexibility index (Phi) is 4.35. The highest BCUT2D eigenvalue weighted by Crippen LogP contribution is 2.44. The van der Waals surface area contributed by atoms with Crippen molar-refractivity contribution in [3.63, 3.8) is 0 Å². The number of fused-ring (bicyclic) bond motifs is 1. The fraction of sp³-hybridized carbons (Fsp3) is 0.300. The molecule has 2 N–H and O–H groups in total. The van der Waals surface area contributed by atoms with Gasteiger partial charge in [0.2, 0.25) is 11.8 Å². The van der Waals surface area contributed by atoms with E-state index in [1.807, 2.05) is 48.3 Å². The molecule has 0 bridgehead atoms. The third-order valence-corrected chi connectivity index (χ3v) is 4.84. The van der Waals surface area contributed by atoms with Crippen LogP contribution in [0.5, 0.6) is 5.88 Å². The lowest BCUT2D eigenvalue weighted by Gasteiger charge is -2.25. The zero-order valence-electron chi connectivity index (χ0n) is 16.0. The Morgan fingerprint density at radius 1 is 1.36 bits per heavy atom. The van der Waals surface area contributed by atoms with Gasteiger partial charge in [-0.2, -0.15) is 10.4 Å². The van der Waals surface area contributed by atoms with Crippen LogP contribution >= 0.6 is 0 Å². The molecule has 0 saturated heterocycles. The summed E-state index contributed by atoms with van der Waals surface area (Å²) in [6.07, 6.45) is 7.75. The molecule has 0 aromatic carbocycles. The third-order valence-electron chi connectivity index (χ3n) is 4.84. The van der Waals surface area contributed by atoms with E-state index in [-0.39, 0.29) is 11.9 Å². The van der Waals surface area contributed by atoms with Gasteiger partial charge in [0.05, 0.1) is 47.1 Å². The molecular formula is C20H21N7O. The van der Waals surface area contributed by atoms with Gasteiger partial charge in [0.15, 0.2) is 0 Å². The van der Waals surface area contributed by atoms with Crippen LogP contribution in [0.4, 0.5) is 0 Å². The van der Waals surface area contributed by atoms with Gasteiger partial charge in [0, 0.05) is 12.4 Å². The summed E-state index contributed by atoms with van der Waals surface area (Å²) in [6.45, 7) is 6.10. The van der Waals surface area contributed by atoms with E-state index in [4.69, 9.17) is 15.6 Å². The van der Waals surface area contributed by atoms with E-state index in [9.17, 15) is 5.26 Å². The van der Waals surface area contributed by atoms with Crippen LogP contribution < -0.4 is 10.5 Å². The number of rotatable bonds is 4. The second-order valence-electron chi connectivity index (χ2n) is 6.89. The van der Waals surface area contributed by atoms with Gasteiger partial charge in [-0.15, -0.1) is 0 Å². The van der Waals surface area contributed by atoms with Crippen molar-refractivity contribution in [2.24, 2.45) is 5.73 Å². The molecular weight excluding hydrogens is 354 g/mol. The number of nitrogens with zero attached hydrogens (tertiary/aromatic N) is 6. The largest absolute Gasteiger partial charge is 0.422 e. The van der Waals surface area contributed by atoms with Crippen LogP contribution in [0.1, 0.15) is 49.7 Å². The molecule has 0 aliphatic carbocycles. The summed E-state index contributed by atoms with van der Waals surface area (Å²) in [6, 6.07) is 6.17. The fourth-order valence-corrected chi connectivity index (χ4v) is 3.47. The van der Waals surface area contributed by atoms with Gasteiger partial charge in [-0.05, 0) is 32.4 Å². The predicted molar refractivity (Wildman–Crippen MR) is 103 cm³/mol. The van der Waals surface area contributed by atoms with Crippen LogP contribution in [0.2, 0.25) is 0 Å². The summed E-state index contributed by atoms with van der Waals surface area (Å²) in [5.74, 6) is 0.284. The standard InChI is InChI=1S/C20H21N7O/c1-4-15-18-17(16-6-5-13(10-24-16)26-8-7-23-11-26)14(9-21)19(22)28-20(18)27(25-15)12(2)3/h5-8,10-12,17H,4,22H2,1-3H3. The first-order valence-corrected chi connectivity index (χ1v) is 9.18. The summed E-state index contributed by atoms with van der Waals surface area (Å²) in [5, 5.41) is 14.5. The molecule has 1 aliphatic heterocycles. The third kappa shape index (κ3) is 2.72. The minimum Gasteiger partial charge on any atom is -0.422 e. The monoisotopic (exact) mass is 375 g/mol. The SMILES string of the molecule is CCc1nn(C(C)C)c2c1C(c1ccc(-n3ccnc3)cn1)C(C#N)=C(N)O2. The van der Waals surface area contributed by atoms with Crippen LogP contribution in [-0.4, -0.2) is 24.3 Å². The van der Waals surface area contributed by atoms with Crippen LogP contribution in [-0.2, 0) is 6.42 Å². The quantitative estimate of drug-likeness (QED) is 0.751. The molecule has 28 heavy (non-hydrogen) atoms. The second kappa shape index (κ2) is 6.85. The number of ether oxygens (including phenoxy) is 1. The summed E-state index contributed by atoms with van der Waals surface area (Å²) in [4.78, 5) is 8.70. The number of allylic oxidation sites excluding steroid dienone is 1. The van der Waals surface area contributed by atoms with Gasteiger partial charge in [-0.1, -0.05) is 6.92 Å². The second-order valence-corrected chi connectivity index (χ2v) is 6.89. The molecule has 0 spiro atoms. The minimum atomic E-state index is -0.409. The maximum Gasteiger partial charge on any atom is 0.224 e. The van der Waals surface area contributed by atoms with Gasteiger partial charge in [0.25, 0.3) is 0 Å². The van der Waals surface area contributed by atoms with Crippen molar-refractivity contribution in [2.75, 3.05) is 0 Å². The summed E-state index contributed by atoms with van der Waals surface area (Å²) in [7, 11) is 0. The number of pyridine rings is 1. The Morgan fingerprint density at radius 3 is 2.75 bits per heavy atom. The maximum absolute atomic E-state index is 9.77. The lowest BCUT2D eigenvalue weighted by atomic mass is 9.86. The molecule has 0 amide bonds. The van der Waals surface area contributed by atoms with Crippen molar-refractivity contribution in [3.05, 3.63) is 65.5 Å². The molecule has 1 unspecified atom stereocenters. The van der Waals surface area contributed by atoms with Crippen molar-refractivity contribution in [1.29, 1.82) is 5.26 Å². The van der Waals surface area contributed by atoms with E-state index in [2.05, 4.69) is 16.0 Å². The summed E-state index contributed by atoms with van der Waals surface area (Å²) in [5.41, 5.74) is 9.83. The highest BCUT2D eigenvalue weighted by Gasteiger charge is 2.37. The van der Waals surface area contributed by atoms with E-state index in [0.717, 1.165) is 22.6 Å². The molecule has 3 aromatic rings. The molecule has 8 nitrogen and oxygen atoms in total. The zero-order chi connectivity index (χ0) is 19.8. The van der Waals surface area contributed by atoms with Crippen LogP contribution in [0.3, 0.4) is 0 Å². The number of hydrogen-bond acceptors (Lipinski definition) is 6. The summed E-state index contributed by atoms with van der Waals surface area (Å²) < 4.78 is 9.53. The maximum atomic E-state index is 9.77. The molecule has 0 fully saturated rings. The number of nitrogens with two attached hydrogens (primary N) is 1. The number of aromatic nitrogens is 5. The number of hydrogen-bond donors (Lipinski definition) is 1. The van der Waals surface area contributed by atoms with E-state index < -0.39 is 5.92 Å². The van der Waals surface area contributed by atoms with Crippen molar-refractivity contribution in [3.8, 4) is 17.6 Å². The molecule has 4 rings (SSSR count). The first-order chi connectivity index (χ1) is 13.5. The Labute approximate surface area is 162 Å². The molecule has 0 saturated carbocycles. The molecule has 1 aliphatic rings. The van der Waals surface area contributed by atoms with Gasteiger partial charge in [-0.25, -0.2) is 9.67 Å². The molecule has 3 aromatic heterocycles. The average Bonchev–Trinajstić information content (AvgIpc) is 3.35. The van der Waals surface area contributed by atoms with Crippen LogP contribution in [0, 0.1) is 11.3 Å². The van der Waals surface area contributed by atoms with Crippen LogP contribution in [0.25, 0.3) is 5.69 Å². The van der Waals surface area contributed by atoms with E-state index in [0.29, 0.717) is 17.9 Å². The molecule has 4 heterocycles. The Balaban J connectivity index is 1.87. The average molecular weight is 375 g/mol. The number of imidazole rings is 1. The molecule has 0 radical (unpaired) electrons. The Bertz CT molecular complexity index is 1070. The van der Waals surface area contributed by atoms with Crippen LogP contribution in [0.15, 0.2) is 48.5 Å². The zero-order valence-corrected chi connectivity index (χ0v) is 16.0.